The van der Waals surface area contributed by atoms with E-state index in [2.05, 4.69) is 4.98 Å². The van der Waals surface area contributed by atoms with E-state index in [-0.39, 0.29) is 17.6 Å². The van der Waals surface area contributed by atoms with E-state index in [1.54, 1.807) is 13.1 Å². The van der Waals surface area contributed by atoms with E-state index in [0.29, 0.717) is 11.4 Å². The van der Waals surface area contributed by atoms with Gasteiger partial charge in [0.2, 0.25) is 0 Å². The van der Waals surface area contributed by atoms with Crippen molar-refractivity contribution in [3.8, 4) is 0 Å². The van der Waals surface area contributed by atoms with Crippen LogP contribution in [0.5, 0.6) is 0 Å². The van der Waals surface area contributed by atoms with Crippen molar-refractivity contribution < 1.29 is 13.2 Å². The summed E-state index contributed by atoms with van der Waals surface area (Å²) in [4.78, 5) is 28.6. The van der Waals surface area contributed by atoms with Gasteiger partial charge in [0.25, 0.3) is 5.56 Å². The average molecular weight is 352 g/mol. The van der Waals surface area contributed by atoms with Crippen molar-refractivity contribution in [2.45, 2.75) is 12.6 Å². The van der Waals surface area contributed by atoms with Crippen molar-refractivity contribution in [1.29, 1.82) is 0 Å². The molecular formula is C16H15F3N4O2. The van der Waals surface area contributed by atoms with Gasteiger partial charge >= 0.3 is 11.9 Å². The number of aromatic nitrogens is 4. The van der Waals surface area contributed by atoms with Crippen molar-refractivity contribution >= 4 is 11.2 Å². The van der Waals surface area contributed by atoms with Crippen LogP contribution >= 0.6 is 0 Å². The standard InChI is InChI=1S/C16H15F3N4O2/c1-21-11(8-9-5-4-6-10(7-9)16(17,18)19)20-13-12(21)14(24)23(3)15(25)22(13)2/h4-7H,8H2,1-3H3. The molecule has 6 nitrogen and oxygen atoms in total. The second-order valence-corrected chi connectivity index (χ2v) is 5.84. The van der Waals surface area contributed by atoms with Crippen LogP contribution in [0.3, 0.4) is 0 Å². The molecule has 3 rings (SSSR count). The van der Waals surface area contributed by atoms with Gasteiger partial charge in [-0.3, -0.25) is 13.9 Å². The van der Waals surface area contributed by atoms with Crippen molar-refractivity contribution in [1.82, 2.24) is 18.7 Å². The number of hydrogen-bond acceptors (Lipinski definition) is 3. The Bertz CT molecular complexity index is 1090. The predicted octanol–water partition coefficient (Wildman–Crippen LogP) is 1.58. The van der Waals surface area contributed by atoms with Crippen molar-refractivity contribution in [2.24, 2.45) is 21.1 Å². The molecule has 0 saturated carbocycles. The zero-order valence-electron chi connectivity index (χ0n) is 13.8. The molecule has 0 spiro atoms. The van der Waals surface area contributed by atoms with Gasteiger partial charge in [-0.15, -0.1) is 0 Å². The first kappa shape index (κ1) is 17.0. The number of hydrogen-bond donors (Lipinski definition) is 0. The Hall–Kier alpha value is -2.84. The van der Waals surface area contributed by atoms with Crippen LogP contribution in [0.2, 0.25) is 0 Å². The number of halogens is 3. The van der Waals surface area contributed by atoms with Gasteiger partial charge in [-0.25, -0.2) is 9.78 Å². The van der Waals surface area contributed by atoms with Gasteiger partial charge < -0.3 is 4.57 Å². The first-order valence-electron chi connectivity index (χ1n) is 7.38. The number of alkyl halides is 3. The molecule has 3 aromatic rings. The number of nitrogens with zero attached hydrogens (tertiary/aromatic N) is 4. The molecule has 2 heterocycles. The summed E-state index contributed by atoms with van der Waals surface area (Å²) in [6.07, 6.45) is -4.32. The third kappa shape index (κ3) is 2.75. The quantitative estimate of drug-likeness (QED) is 0.704. The maximum atomic E-state index is 12.8. The Morgan fingerprint density at radius 1 is 1.04 bits per heavy atom. The molecule has 0 aliphatic heterocycles. The van der Waals surface area contributed by atoms with Gasteiger partial charge in [-0.05, 0) is 11.6 Å². The van der Waals surface area contributed by atoms with E-state index in [1.165, 1.54) is 29.3 Å². The van der Waals surface area contributed by atoms with E-state index >= 15 is 0 Å². The fourth-order valence-electron chi connectivity index (χ4n) is 2.76. The van der Waals surface area contributed by atoms with Crippen LogP contribution in [0.25, 0.3) is 11.2 Å². The monoisotopic (exact) mass is 352 g/mol. The molecule has 0 radical (unpaired) electrons. The van der Waals surface area contributed by atoms with Gasteiger partial charge in [-0.1, -0.05) is 18.2 Å². The molecule has 2 aromatic heterocycles. The van der Waals surface area contributed by atoms with Crippen LogP contribution in [0.1, 0.15) is 17.0 Å². The molecule has 9 heteroatoms. The maximum Gasteiger partial charge on any atom is 0.416 e. The van der Waals surface area contributed by atoms with Crippen LogP contribution in [-0.2, 0) is 33.7 Å². The molecule has 1 aromatic carbocycles. The smallest absolute Gasteiger partial charge is 0.325 e. The molecule has 0 saturated heterocycles. The molecule has 0 amide bonds. The van der Waals surface area contributed by atoms with Gasteiger partial charge in [0.05, 0.1) is 5.56 Å². The van der Waals surface area contributed by atoms with Gasteiger partial charge in [0.1, 0.15) is 5.82 Å². The Morgan fingerprint density at radius 2 is 1.72 bits per heavy atom. The summed E-state index contributed by atoms with van der Waals surface area (Å²) in [7, 11) is 4.46. The lowest BCUT2D eigenvalue weighted by Crippen LogP contribution is -2.37. The molecular weight excluding hydrogens is 337 g/mol. The highest BCUT2D eigenvalue weighted by atomic mass is 19.4. The van der Waals surface area contributed by atoms with Crippen LogP contribution in [0.4, 0.5) is 13.2 Å². The van der Waals surface area contributed by atoms with E-state index in [0.717, 1.165) is 16.7 Å². The van der Waals surface area contributed by atoms with Crippen molar-refractivity contribution in [2.75, 3.05) is 0 Å². The second-order valence-electron chi connectivity index (χ2n) is 5.84. The summed E-state index contributed by atoms with van der Waals surface area (Å²) in [5.74, 6) is 0.396. The Morgan fingerprint density at radius 3 is 2.36 bits per heavy atom. The minimum absolute atomic E-state index is 0.104. The first-order chi connectivity index (χ1) is 11.6. The summed E-state index contributed by atoms with van der Waals surface area (Å²) in [5, 5.41) is 0. The predicted molar refractivity (Wildman–Crippen MR) is 85.4 cm³/mol. The van der Waals surface area contributed by atoms with E-state index < -0.39 is 23.0 Å². The molecule has 132 valence electrons. The summed E-state index contributed by atoms with van der Waals surface area (Å²) in [5.41, 5.74) is -0.907. The summed E-state index contributed by atoms with van der Waals surface area (Å²) < 4.78 is 42.3. The fourth-order valence-corrected chi connectivity index (χ4v) is 2.76. The van der Waals surface area contributed by atoms with Crippen LogP contribution in [-0.4, -0.2) is 18.7 Å². The zero-order valence-corrected chi connectivity index (χ0v) is 13.8. The Balaban J connectivity index is 2.14. The van der Waals surface area contributed by atoms with Gasteiger partial charge in [0, 0.05) is 27.6 Å². The largest absolute Gasteiger partial charge is 0.416 e. The highest BCUT2D eigenvalue weighted by Gasteiger charge is 2.30. The van der Waals surface area contributed by atoms with Gasteiger partial charge in [-0.2, -0.15) is 13.2 Å². The Labute approximate surface area is 139 Å². The molecule has 0 bridgehead atoms. The van der Waals surface area contributed by atoms with E-state index in [4.69, 9.17) is 0 Å². The zero-order chi connectivity index (χ0) is 18.5. The van der Waals surface area contributed by atoms with Crippen molar-refractivity contribution in [3.63, 3.8) is 0 Å². The third-order valence-corrected chi connectivity index (χ3v) is 4.18. The topological polar surface area (TPSA) is 61.8 Å². The SMILES string of the molecule is Cn1c(=O)c2c(nc(Cc3cccc(C(F)(F)F)c3)n2C)n(C)c1=O. The number of imidazole rings is 1. The summed E-state index contributed by atoms with van der Waals surface area (Å²) in [6.45, 7) is 0. The fraction of sp³-hybridized carbons (Fsp3) is 0.312. The van der Waals surface area contributed by atoms with Crippen LogP contribution in [0, 0.1) is 0 Å². The van der Waals surface area contributed by atoms with Crippen LogP contribution < -0.4 is 11.2 Å². The Kier molecular flexibility index (Phi) is 3.81. The number of benzene rings is 1. The van der Waals surface area contributed by atoms with Gasteiger partial charge in [0.15, 0.2) is 11.2 Å². The normalized spacial score (nSPS) is 12.1. The number of rotatable bonds is 2. The molecule has 0 N–H and O–H groups in total. The van der Waals surface area contributed by atoms with Crippen LogP contribution in [0.15, 0.2) is 33.9 Å². The lowest BCUT2D eigenvalue weighted by atomic mass is 10.1. The first-order valence-corrected chi connectivity index (χ1v) is 7.38. The lowest BCUT2D eigenvalue weighted by molar-refractivity contribution is -0.137. The molecule has 0 atom stereocenters. The highest BCUT2D eigenvalue weighted by molar-refractivity contribution is 5.71. The molecule has 0 aliphatic carbocycles. The van der Waals surface area contributed by atoms with Crippen molar-refractivity contribution in [3.05, 3.63) is 62.1 Å². The van der Waals surface area contributed by atoms with E-state index in [1.807, 2.05) is 0 Å². The molecule has 0 aliphatic rings. The number of fused-ring (bicyclic) bond motifs is 1. The lowest BCUT2D eigenvalue weighted by Gasteiger charge is -2.08. The molecule has 0 unspecified atom stereocenters. The second kappa shape index (κ2) is 5.61. The molecule has 25 heavy (non-hydrogen) atoms. The highest BCUT2D eigenvalue weighted by Crippen LogP contribution is 2.30. The molecule has 0 fully saturated rings. The average Bonchev–Trinajstić information content (AvgIpc) is 2.87. The third-order valence-electron chi connectivity index (χ3n) is 4.18. The minimum atomic E-state index is -4.43. The number of aryl methyl sites for hydroxylation is 2. The summed E-state index contributed by atoms with van der Waals surface area (Å²) in [6, 6.07) is 4.94. The maximum absolute atomic E-state index is 12.8. The summed E-state index contributed by atoms with van der Waals surface area (Å²) >= 11 is 0. The van der Waals surface area contributed by atoms with E-state index in [9.17, 15) is 22.8 Å². The minimum Gasteiger partial charge on any atom is -0.325 e.